The molecule has 3 rings (SSSR count). The van der Waals surface area contributed by atoms with Crippen LogP contribution in [0.5, 0.6) is 0 Å². The number of β-lactam (4-membered cyclic amide) rings is 1. The highest BCUT2D eigenvalue weighted by Gasteiger charge is 2.55. The summed E-state index contributed by atoms with van der Waals surface area (Å²) in [6.07, 6.45) is 1.69. The second-order valence-corrected chi connectivity index (χ2v) is 5.07. The van der Waals surface area contributed by atoms with Gasteiger partial charge in [-0.15, -0.1) is 0 Å². The molecule has 5 nitrogen and oxygen atoms in total. The first-order valence-electron chi connectivity index (χ1n) is 6.32. The molecule has 0 N–H and O–H groups in total. The van der Waals surface area contributed by atoms with Gasteiger partial charge in [-0.2, -0.15) is 0 Å². The predicted octanol–water partition coefficient (Wildman–Crippen LogP) is 1.76. The van der Waals surface area contributed by atoms with Gasteiger partial charge in [0.05, 0.1) is 24.9 Å². The van der Waals surface area contributed by atoms with Gasteiger partial charge < -0.3 is 9.64 Å². The molecule has 1 aromatic carbocycles. The van der Waals surface area contributed by atoms with E-state index in [1.165, 1.54) is 7.11 Å². The highest BCUT2D eigenvalue weighted by molar-refractivity contribution is 6.18. The molecular formula is C15H14N2O3. The third-order valence-electron chi connectivity index (χ3n) is 3.73. The molecule has 5 heteroatoms. The quantitative estimate of drug-likeness (QED) is 0.474. The number of fused-ring (bicyclic) bond motifs is 1. The molecule has 0 bridgehead atoms. The lowest BCUT2D eigenvalue weighted by atomic mass is 9.80. The van der Waals surface area contributed by atoms with Crippen molar-refractivity contribution in [3.63, 3.8) is 0 Å². The fourth-order valence-electron chi connectivity index (χ4n) is 2.54. The van der Waals surface area contributed by atoms with Crippen LogP contribution in [0.25, 0.3) is 10.9 Å². The molecule has 1 aliphatic rings. The van der Waals surface area contributed by atoms with Crippen LogP contribution in [0.3, 0.4) is 0 Å². The van der Waals surface area contributed by atoms with Crippen LogP contribution in [0.15, 0.2) is 36.5 Å². The Bertz CT molecular complexity index is 708. The highest BCUT2D eigenvalue weighted by atomic mass is 16.5. The number of pyridine rings is 1. The Morgan fingerprint density at radius 3 is 2.80 bits per heavy atom. The van der Waals surface area contributed by atoms with E-state index < -0.39 is 11.4 Å². The maximum atomic E-state index is 12.3. The van der Waals surface area contributed by atoms with Gasteiger partial charge in [0.25, 0.3) is 0 Å². The fourth-order valence-corrected chi connectivity index (χ4v) is 2.54. The topological polar surface area (TPSA) is 59.5 Å². The summed E-state index contributed by atoms with van der Waals surface area (Å²) in [6.45, 7) is 1.92. The van der Waals surface area contributed by atoms with Gasteiger partial charge in [-0.1, -0.05) is 18.2 Å². The van der Waals surface area contributed by atoms with E-state index in [0.717, 1.165) is 16.6 Å². The van der Waals surface area contributed by atoms with E-state index in [-0.39, 0.29) is 5.91 Å². The maximum absolute atomic E-state index is 12.3. The van der Waals surface area contributed by atoms with Crippen LogP contribution in [0.1, 0.15) is 6.92 Å². The number of rotatable bonds is 2. The van der Waals surface area contributed by atoms with Crippen molar-refractivity contribution in [3.8, 4) is 0 Å². The molecule has 0 radical (unpaired) electrons. The predicted molar refractivity (Wildman–Crippen MR) is 74.2 cm³/mol. The van der Waals surface area contributed by atoms with Gasteiger partial charge in [0.15, 0.2) is 5.41 Å². The standard InChI is InChI=1S/C15H14N2O3/c1-15(14(19)20-2)9-17(13(15)18)11-7-3-5-10-6-4-8-16-12(10)11/h3-8H,9H2,1-2H3. The SMILES string of the molecule is COC(=O)C1(C)CN(c2cccc3cccnc23)C1=O. The lowest BCUT2D eigenvalue weighted by Gasteiger charge is -2.44. The van der Waals surface area contributed by atoms with E-state index in [2.05, 4.69) is 4.98 Å². The van der Waals surface area contributed by atoms with E-state index in [0.29, 0.717) is 6.54 Å². The zero-order chi connectivity index (χ0) is 14.3. The molecule has 0 aliphatic carbocycles. The Kier molecular flexibility index (Phi) is 2.71. The fraction of sp³-hybridized carbons (Fsp3) is 0.267. The van der Waals surface area contributed by atoms with Crippen LogP contribution in [-0.4, -0.2) is 30.5 Å². The van der Waals surface area contributed by atoms with Gasteiger partial charge in [0.2, 0.25) is 5.91 Å². The zero-order valence-corrected chi connectivity index (χ0v) is 11.3. The van der Waals surface area contributed by atoms with Crippen molar-refractivity contribution < 1.29 is 14.3 Å². The summed E-state index contributed by atoms with van der Waals surface area (Å²) in [4.78, 5) is 29.9. The van der Waals surface area contributed by atoms with Crippen LogP contribution in [0.4, 0.5) is 5.69 Å². The van der Waals surface area contributed by atoms with Crippen molar-refractivity contribution in [3.05, 3.63) is 36.5 Å². The summed E-state index contributed by atoms with van der Waals surface area (Å²) in [7, 11) is 1.29. The maximum Gasteiger partial charge on any atom is 0.322 e. The number of carbonyl (C=O) groups is 2. The molecule has 1 amide bonds. The number of ether oxygens (including phenoxy) is 1. The first kappa shape index (κ1) is 12.6. The Labute approximate surface area is 116 Å². The first-order chi connectivity index (χ1) is 9.58. The van der Waals surface area contributed by atoms with Crippen molar-refractivity contribution in [2.24, 2.45) is 5.41 Å². The molecule has 1 fully saturated rings. The first-order valence-corrected chi connectivity index (χ1v) is 6.32. The summed E-state index contributed by atoms with van der Waals surface area (Å²) in [6, 6.07) is 9.44. The van der Waals surface area contributed by atoms with Gasteiger partial charge in [0.1, 0.15) is 0 Å². The van der Waals surface area contributed by atoms with Crippen molar-refractivity contribution in [1.82, 2.24) is 4.98 Å². The molecule has 2 aromatic rings. The second-order valence-electron chi connectivity index (χ2n) is 5.07. The van der Waals surface area contributed by atoms with Gasteiger partial charge in [-0.3, -0.25) is 14.6 Å². The number of para-hydroxylation sites is 1. The number of hydrogen-bond donors (Lipinski definition) is 0. The minimum absolute atomic E-state index is 0.248. The molecule has 1 unspecified atom stereocenters. The third-order valence-corrected chi connectivity index (χ3v) is 3.73. The highest BCUT2D eigenvalue weighted by Crippen LogP contribution is 2.38. The van der Waals surface area contributed by atoms with Crippen LogP contribution < -0.4 is 4.90 Å². The molecule has 1 aliphatic heterocycles. The Morgan fingerprint density at radius 2 is 2.10 bits per heavy atom. The van der Waals surface area contributed by atoms with E-state index >= 15 is 0 Å². The largest absolute Gasteiger partial charge is 0.468 e. The number of amides is 1. The molecule has 0 spiro atoms. The number of carbonyl (C=O) groups excluding carboxylic acids is 2. The van der Waals surface area contributed by atoms with Crippen molar-refractivity contribution in [1.29, 1.82) is 0 Å². The minimum Gasteiger partial charge on any atom is -0.468 e. The molecule has 20 heavy (non-hydrogen) atoms. The zero-order valence-electron chi connectivity index (χ0n) is 11.3. The normalized spacial score (nSPS) is 21.7. The minimum atomic E-state index is -1.08. The third kappa shape index (κ3) is 1.59. The Hall–Kier alpha value is -2.43. The molecule has 1 saturated heterocycles. The lowest BCUT2D eigenvalue weighted by molar-refractivity contribution is -0.160. The van der Waals surface area contributed by atoms with E-state index in [4.69, 9.17) is 4.74 Å². The number of esters is 1. The lowest BCUT2D eigenvalue weighted by Crippen LogP contribution is -2.64. The van der Waals surface area contributed by atoms with Gasteiger partial charge in [-0.25, -0.2) is 0 Å². The molecule has 102 valence electrons. The summed E-state index contributed by atoms with van der Waals surface area (Å²) in [5, 5.41) is 0.962. The smallest absolute Gasteiger partial charge is 0.322 e. The van der Waals surface area contributed by atoms with Crippen LogP contribution in [-0.2, 0) is 14.3 Å². The van der Waals surface area contributed by atoms with Crippen molar-refractivity contribution in [2.75, 3.05) is 18.6 Å². The molecular weight excluding hydrogens is 256 g/mol. The van der Waals surface area contributed by atoms with Crippen LogP contribution in [0.2, 0.25) is 0 Å². The van der Waals surface area contributed by atoms with E-state index in [1.54, 1.807) is 18.0 Å². The summed E-state index contributed by atoms with van der Waals surface area (Å²) < 4.78 is 4.70. The molecule has 1 aromatic heterocycles. The summed E-state index contributed by atoms with van der Waals surface area (Å²) in [5.41, 5.74) is 0.413. The molecule has 1 atom stereocenters. The van der Waals surface area contributed by atoms with E-state index in [1.807, 2.05) is 30.3 Å². The second kappa shape index (κ2) is 4.30. The Morgan fingerprint density at radius 1 is 1.35 bits per heavy atom. The molecule has 0 saturated carbocycles. The van der Waals surface area contributed by atoms with Gasteiger partial charge >= 0.3 is 5.97 Å². The number of hydrogen-bond acceptors (Lipinski definition) is 4. The van der Waals surface area contributed by atoms with Crippen molar-refractivity contribution in [2.45, 2.75) is 6.92 Å². The number of benzene rings is 1. The van der Waals surface area contributed by atoms with Gasteiger partial charge in [0, 0.05) is 11.6 Å². The summed E-state index contributed by atoms with van der Waals surface area (Å²) >= 11 is 0. The monoisotopic (exact) mass is 270 g/mol. The van der Waals surface area contributed by atoms with Crippen LogP contribution >= 0.6 is 0 Å². The van der Waals surface area contributed by atoms with Crippen LogP contribution in [0, 0.1) is 5.41 Å². The number of nitrogens with zero attached hydrogens (tertiary/aromatic N) is 2. The molecule has 2 heterocycles. The summed E-state index contributed by atoms with van der Waals surface area (Å²) in [5.74, 6) is -0.741. The van der Waals surface area contributed by atoms with E-state index in [9.17, 15) is 9.59 Å². The average molecular weight is 270 g/mol. The number of anilines is 1. The number of methoxy groups -OCH3 is 1. The van der Waals surface area contributed by atoms with Gasteiger partial charge in [-0.05, 0) is 19.1 Å². The number of aromatic nitrogens is 1. The van der Waals surface area contributed by atoms with Crippen molar-refractivity contribution >= 4 is 28.5 Å². The Balaban J connectivity index is 1.99. The average Bonchev–Trinajstić information content (AvgIpc) is 2.50.